The molecule has 6 nitrogen and oxygen atoms in total. The van der Waals surface area contributed by atoms with E-state index in [1.54, 1.807) is 0 Å². The van der Waals surface area contributed by atoms with Crippen LogP contribution in [0.2, 0.25) is 0 Å². The van der Waals surface area contributed by atoms with Gasteiger partial charge in [-0.15, -0.1) is 0 Å². The van der Waals surface area contributed by atoms with Gasteiger partial charge in [-0.3, -0.25) is 14.4 Å². The van der Waals surface area contributed by atoms with Gasteiger partial charge in [0.25, 0.3) is 0 Å². The number of alkyl halides is 3. The van der Waals surface area contributed by atoms with Crippen molar-refractivity contribution in [1.82, 2.24) is 10.6 Å². The zero-order valence-corrected chi connectivity index (χ0v) is 8.80. The maximum atomic E-state index is 11.7. The summed E-state index contributed by atoms with van der Waals surface area (Å²) in [5, 5.41) is 11.8. The first-order chi connectivity index (χ1) is 7.61. The van der Waals surface area contributed by atoms with Crippen LogP contribution in [0.4, 0.5) is 13.2 Å². The maximum Gasteiger partial charge on any atom is 0.405 e. The monoisotopic (exact) mass is 256 g/mol. The van der Waals surface area contributed by atoms with Crippen LogP contribution in [0.25, 0.3) is 0 Å². The van der Waals surface area contributed by atoms with Gasteiger partial charge in [0.1, 0.15) is 19.0 Å². The van der Waals surface area contributed by atoms with Crippen molar-refractivity contribution < 1.29 is 32.7 Å². The lowest BCUT2D eigenvalue weighted by Gasteiger charge is -2.10. The van der Waals surface area contributed by atoms with Gasteiger partial charge in [-0.05, 0) is 6.92 Å². The topological polar surface area (TPSA) is 95.5 Å². The smallest absolute Gasteiger partial charge is 0.405 e. The number of carbonyl (C=O) groups excluding carboxylic acids is 2. The Balaban J connectivity index is 3.97. The Hall–Kier alpha value is -1.80. The van der Waals surface area contributed by atoms with Gasteiger partial charge in [-0.2, -0.15) is 13.2 Å². The number of rotatable bonds is 5. The minimum absolute atomic E-state index is 0.853. The highest BCUT2D eigenvalue weighted by Crippen LogP contribution is 2.12. The second-order valence-corrected chi connectivity index (χ2v) is 3.20. The lowest BCUT2D eigenvalue weighted by atomic mass is 10.3. The first kappa shape index (κ1) is 15.2. The van der Waals surface area contributed by atoms with Crippen LogP contribution >= 0.6 is 0 Å². The zero-order valence-electron chi connectivity index (χ0n) is 8.80. The van der Waals surface area contributed by atoms with Crippen LogP contribution in [0.5, 0.6) is 0 Å². The maximum absolute atomic E-state index is 11.7. The summed E-state index contributed by atoms with van der Waals surface area (Å²) in [6.07, 6.45) is -5.41. The molecule has 0 rings (SSSR count). The molecule has 0 heterocycles. The molecule has 0 spiro atoms. The number of hydrogen-bond donors (Lipinski definition) is 3. The predicted molar refractivity (Wildman–Crippen MR) is 48.9 cm³/mol. The number of hydrogen-bond acceptors (Lipinski definition) is 3. The molecule has 0 saturated heterocycles. The molecule has 0 radical (unpaired) electrons. The van der Waals surface area contributed by atoms with E-state index in [4.69, 9.17) is 5.11 Å². The molecule has 0 saturated carbocycles. The molecule has 17 heavy (non-hydrogen) atoms. The van der Waals surface area contributed by atoms with Gasteiger partial charge in [0.15, 0.2) is 0 Å². The van der Waals surface area contributed by atoms with Crippen molar-refractivity contribution in [2.45, 2.75) is 25.6 Å². The van der Waals surface area contributed by atoms with Crippen molar-refractivity contribution >= 4 is 17.8 Å². The van der Waals surface area contributed by atoms with Crippen LogP contribution in [0, 0.1) is 0 Å². The van der Waals surface area contributed by atoms with E-state index in [-0.39, 0.29) is 0 Å². The fraction of sp³-hybridized carbons (Fsp3) is 0.625. The van der Waals surface area contributed by atoms with Gasteiger partial charge in [0, 0.05) is 0 Å². The lowest BCUT2D eigenvalue weighted by Crippen LogP contribution is -2.42. The van der Waals surface area contributed by atoms with E-state index in [1.165, 1.54) is 5.32 Å². The summed E-state index contributed by atoms with van der Waals surface area (Å²) < 4.78 is 35.0. The molecule has 0 fully saturated rings. The molecule has 0 aliphatic rings. The SMILES string of the molecule is C[C@@H](NC(=O)CC(=O)NCC(F)(F)F)C(=O)O. The number of nitrogens with one attached hydrogen (secondary N) is 2. The van der Waals surface area contributed by atoms with Gasteiger partial charge in [0.05, 0.1) is 0 Å². The molecular weight excluding hydrogens is 245 g/mol. The highest BCUT2D eigenvalue weighted by atomic mass is 19.4. The summed E-state index contributed by atoms with van der Waals surface area (Å²) in [5.74, 6) is -3.40. The van der Waals surface area contributed by atoms with Gasteiger partial charge in [-0.1, -0.05) is 0 Å². The molecule has 9 heteroatoms. The fourth-order valence-corrected chi connectivity index (χ4v) is 0.761. The van der Waals surface area contributed by atoms with Crippen LogP contribution in [-0.4, -0.2) is 41.7 Å². The van der Waals surface area contributed by atoms with Crippen LogP contribution < -0.4 is 10.6 Å². The molecule has 3 N–H and O–H groups in total. The first-order valence-corrected chi connectivity index (χ1v) is 4.47. The summed E-state index contributed by atoms with van der Waals surface area (Å²) in [7, 11) is 0. The van der Waals surface area contributed by atoms with Crippen LogP contribution in [-0.2, 0) is 14.4 Å². The molecule has 0 aliphatic heterocycles. The molecule has 0 unspecified atom stereocenters. The Bertz CT molecular complexity index is 316. The summed E-state index contributed by atoms with van der Waals surface area (Å²) in [6.45, 7) is -0.374. The quantitative estimate of drug-likeness (QED) is 0.585. The lowest BCUT2D eigenvalue weighted by molar-refractivity contribution is -0.143. The number of halogens is 3. The van der Waals surface area contributed by atoms with Crippen molar-refractivity contribution in [2.24, 2.45) is 0 Å². The number of aliphatic carboxylic acids is 1. The molecule has 1 atom stereocenters. The molecule has 0 aliphatic carbocycles. The summed E-state index contributed by atoms with van der Waals surface area (Å²) in [5.41, 5.74) is 0. The number of carbonyl (C=O) groups is 3. The van der Waals surface area contributed by atoms with Crippen LogP contribution in [0.1, 0.15) is 13.3 Å². The molecule has 98 valence electrons. The summed E-state index contributed by atoms with van der Waals surface area (Å²) in [4.78, 5) is 32.1. The summed E-state index contributed by atoms with van der Waals surface area (Å²) >= 11 is 0. The normalized spacial score (nSPS) is 12.7. The van der Waals surface area contributed by atoms with E-state index in [9.17, 15) is 27.6 Å². The van der Waals surface area contributed by atoms with E-state index in [0.29, 0.717) is 0 Å². The van der Waals surface area contributed by atoms with Gasteiger partial charge >= 0.3 is 12.1 Å². The van der Waals surface area contributed by atoms with E-state index in [2.05, 4.69) is 0 Å². The minimum Gasteiger partial charge on any atom is -0.480 e. The first-order valence-electron chi connectivity index (χ1n) is 4.47. The van der Waals surface area contributed by atoms with Crippen molar-refractivity contribution in [3.63, 3.8) is 0 Å². The van der Waals surface area contributed by atoms with Gasteiger partial charge in [0.2, 0.25) is 11.8 Å². The van der Waals surface area contributed by atoms with E-state index < -0.39 is 43.0 Å². The van der Waals surface area contributed by atoms with E-state index in [0.717, 1.165) is 6.92 Å². The number of amides is 2. The Kier molecular flexibility index (Phi) is 5.42. The predicted octanol–water partition coefficient (Wildman–Crippen LogP) is -0.356. The largest absolute Gasteiger partial charge is 0.480 e. The van der Waals surface area contributed by atoms with E-state index in [1.807, 2.05) is 5.32 Å². The van der Waals surface area contributed by atoms with Gasteiger partial charge in [-0.25, -0.2) is 0 Å². The van der Waals surface area contributed by atoms with E-state index >= 15 is 0 Å². The Morgan fingerprint density at radius 2 is 1.76 bits per heavy atom. The standard InChI is InChI=1S/C8H11F3N2O4/c1-4(7(16)17)13-6(15)2-5(14)12-3-8(9,10)11/h4H,2-3H2,1H3,(H,12,14)(H,13,15)(H,16,17)/t4-/m1/s1. The molecular formula is C8H11F3N2O4. The van der Waals surface area contributed by atoms with Crippen molar-refractivity contribution in [3.8, 4) is 0 Å². The molecule has 0 aromatic carbocycles. The van der Waals surface area contributed by atoms with Crippen molar-refractivity contribution in [2.75, 3.05) is 6.54 Å². The Morgan fingerprint density at radius 1 is 1.24 bits per heavy atom. The number of carboxylic acid groups (broad SMARTS) is 1. The average molecular weight is 256 g/mol. The molecule has 2 amide bonds. The average Bonchev–Trinajstić information content (AvgIpc) is 2.13. The third kappa shape index (κ3) is 8.05. The molecule has 0 bridgehead atoms. The highest BCUT2D eigenvalue weighted by molar-refractivity contribution is 5.98. The minimum atomic E-state index is -4.56. The van der Waals surface area contributed by atoms with Crippen molar-refractivity contribution in [3.05, 3.63) is 0 Å². The van der Waals surface area contributed by atoms with Crippen LogP contribution in [0.15, 0.2) is 0 Å². The fourth-order valence-electron chi connectivity index (χ4n) is 0.761. The van der Waals surface area contributed by atoms with Gasteiger partial charge < -0.3 is 15.7 Å². The second-order valence-electron chi connectivity index (χ2n) is 3.20. The number of carboxylic acids is 1. The Labute approximate surface area is 94.2 Å². The van der Waals surface area contributed by atoms with Crippen molar-refractivity contribution in [1.29, 1.82) is 0 Å². The third-order valence-corrected chi connectivity index (χ3v) is 1.56. The second kappa shape index (κ2) is 6.06. The Morgan fingerprint density at radius 3 is 2.18 bits per heavy atom. The zero-order chi connectivity index (χ0) is 13.6. The van der Waals surface area contributed by atoms with Crippen LogP contribution in [0.3, 0.4) is 0 Å². The summed E-state index contributed by atoms with van der Waals surface area (Å²) in [6, 6.07) is -1.21. The molecule has 0 aromatic rings. The highest BCUT2D eigenvalue weighted by Gasteiger charge is 2.28. The molecule has 0 aromatic heterocycles. The third-order valence-electron chi connectivity index (χ3n) is 1.56.